The summed E-state index contributed by atoms with van der Waals surface area (Å²) in [6.07, 6.45) is 2.32. The number of aryl methyl sites for hydroxylation is 1. The third kappa shape index (κ3) is 3.09. The van der Waals surface area contributed by atoms with Crippen molar-refractivity contribution in [2.45, 2.75) is 45.5 Å². The van der Waals surface area contributed by atoms with Crippen LogP contribution in [0.3, 0.4) is 0 Å². The molecule has 0 spiro atoms. The number of fused-ring (bicyclic) bond motifs is 1. The van der Waals surface area contributed by atoms with Crippen LogP contribution in [0.25, 0.3) is 11.0 Å². The Morgan fingerprint density at radius 2 is 2.11 bits per heavy atom. The quantitative estimate of drug-likeness (QED) is 0.796. The summed E-state index contributed by atoms with van der Waals surface area (Å²) in [6.45, 7) is 6.82. The van der Waals surface area contributed by atoms with E-state index in [1.165, 1.54) is 0 Å². The van der Waals surface area contributed by atoms with Crippen molar-refractivity contribution < 1.29 is 5.11 Å². The van der Waals surface area contributed by atoms with Crippen molar-refractivity contribution in [3.05, 3.63) is 30.6 Å². The molecule has 0 fully saturated rings. The topological polar surface area (TPSA) is 50.1 Å². The Morgan fingerprint density at radius 1 is 1.39 bits per heavy atom. The first-order chi connectivity index (χ1) is 8.48. The average Bonchev–Trinajstić information content (AvgIpc) is 2.68. The molecule has 2 rings (SSSR count). The van der Waals surface area contributed by atoms with Crippen molar-refractivity contribution in [2.24, 2.45) is 0 Å². The van der Waals surface area contributed by atoms with E-state index in [-0.39, 0.29) is 5.54 Å². The molecular formula is C14H21N3O. The summed E-state index contributed by atoms with van der Waals surface area (Å²) in [4.78, 5) is 4.37. The van der Waals surface area contributed by atoms with E-state index in [1.807, 2.05) is 24.5 Å². The SMILES string of the molecule is CC(O)NC(C)(C)CCn1cnc2ccccc21. The number of rotatable bonds is 5. The molecule has 1 unspecified atom stereocenters. The molecule has 4 heteroatoms. The van der Waals surface area contributed by atoms with Crippen LogP contribution in [0.5, 0.6) is 0 Å². The second-order valence-electron chi connectivity index (χ2n) is 5.38. The maximum absolute atomic E-state index is 9.39. The zero-order chi connectivity index (χ0) is 13.2. The Labute approximate surface area is 108 Å². The predicted octanol–water partition coefficient (Wildman–Crippen LogP) is 2.13. The van der Waals surface area contributed by atoms with Crippen LogP contribution in [0.2, 0.25) is 0 Å². The van der Waals surface area contributed by atoms with Gasteiger partial charge in [0.05, 0.1) is 17.4 Å². The van der Waals surface area contributed by atoms with Crippen LogP contribution in [-0.4, -0.2) is 26.4 Å². The number of nitrogens with zero attached hydrogens (tertiary/aromatic N) is 2. The number of para-hydroxylation sites is 2. The van der Waals surface area contributed by atoms with Gasteiger partial charge in [-0.2, -0.15) is 0 Å². The molecule has 2 aromatic rings. The molecule has 1 atom stereocenters. The largest absolute Gasteiger partial charge is 0.379 e. The highest BCUT2D eigenvalue weighted by Crippen LogP contribution is 2.16. The third-order valence-electron chi connectivity index (χ3n) is 3.10. The summed E-state index contributed by atoms with van der Waals surface area (Å²) in [5, 5.41) is 12.5. The molecule has 0 radical (unpaired) electrons. The Bertz CT molecular complexity index is 516. The van der Waals surface area contributed by atoms with Gasteiger partial charge < -0.3 is 9.67 Å². The Kier molecular flexibility index (Phi) is 3.68. The highest BCUT2D eigenvalue weighted by molar-refractivity contribution is 5.74. The minimum Gasteiger partial charge on any atom is -0.379 e. The van der Waals surface area contributed by atoms with E-state index in [4.69, 9.17) is 0 Å². The third-order valence-corrected chi connectivity index (χ3v) is 3.10. The zero-order valence-corrected chi connectivity index (χ0v) is 11.2. The lowest BCUT2D eigenvalue weighted by Crippen LogP contribution is -2.45. The number of aliphatic hydroxyl groups excluding tert-OH is 1. The summed E-state index contributed by atoms with van der Waals surface area (Å²) in [6, 6.07) is 8.13. The first kappa shape index (κ1) is 13.1. The molecule has 98 valence electrons. The van der Waals surface area contributed by atoms with E-state index in [0.29, 0.717) is 0 Å². The molecule has 0 amide bonds. The molecule has 1 heterocycles. The molecule has 0 aliphatic rings. The minimum atomic E-state index is -0.487. The number of aliphatic hydroxyl groups is 1. The lowest BCUT2D eigenvalue weighted by atomic mass is 10.0. The highest BCUT2D eigenvalue weighted by atomic mass is 16.3. The number of aromatic nitrogens is 2. The zero-order valence-electron chi connectivity index (χ0n) is 11.2. The summed E-state index contributed by atoms with van der Waals surface area (Å²) in [7, 11) is 0. The van der Waals surface area contributed by atoms with E-state index >= 15 is 0 Å². The second kappa shape index (κ2) is 5.08. The van der Waals surface area contributed by atoms with Crippen molar-refractivity contribution >= 4 is 11.0 Å². The molecule has 4 nitrogen and oxygen atoms in total. The van der Waals surface area contributed by atoms with Gasteiger partial charge in [0.1, 0.15) is 6.23 Å². The monoisotopic (exact) mass is 247 g/mol. The van der Waals surface area contributed by atoms with Gasteiger partial charge in [-0.25, -0.2) is 4.98 Å². The molecular weight excluding hydrogens is 226 g/mol. The Balaban J connectivity index is 2.06. The summed E-state index contributed by atoms with van der Waals surface area (Å²) < 4.78 is 2.15. The van der Waals surface area contributed by atoms with Crippen molar-refractivity contribution in [3.8, 4) is 0 Å². The summed E-state index contributed by atoms with van der Waals surface area (Å²) in [5.74, 6) is 0. The minimum absolute atomic E-state index is 0.0977. The standard InChI is InChI=1S/C14H21N3O/c1-11(18)16-14(2,3)8-9-17-10-15-12-6-4-5-7-13(12)17/h4-7,10-11,16,18H,8-9H2,1-3H3. The summed E-state index contributed by atoms with van der Waals surface area (Å²) in [5.41, 5.74) is 2.09. The van der Waals surface area contributed by atoms with E-state index in [1.54, 1.807) is 6.92 Å². The maximum Gasteiger partial charge on any atom is 0.102 e. The first-order valence-electron chi connectivity index (χ1n) is 6.33. The van der Waals surface area contributed by atoms with Gasteiger partial charge in [0, 0.05) is 12.1 Å². The van der Waals surface area contributed by atoms with Gasteiger partial charge in [0.2, 0.25) is 0 Å². The number of benzene rings is 1. The van der Waals surface area contributed by atoms with Crippen LogP contribution in [0, 0.1) is 0 Å². The molecule has 0 saturated carbocycles. The molecule has 1 aromatic carbocycles. The van der Waals surface area contributed by atoms with E-state index in [2.05, 4.69) is 34.8 Å². The first-order valence-corrected chi connectivity index (χ1v) is 6.33. The molecule has 1 aromatic heterocycles. The molecule has 18 heavy (non-hydrogen) atoms. The van der Waals surface area contributed by atoms with Crippen LogP contribution in [0.4, 0.5) is 0 Å². The fraction of sp³-hybridized carbons (Fsp3) is 0.500. The van der Waals surface area contributed by atoms with Gasteiger partial charge in [-0.15, -0.1) is 0 Å². The van der Waals surface area contributed by atoms with Gasteiger partial charge in [0.25, 0.3) is 0 Å². The van der Waals surface area contributed by atoms with Crippen LogP contribution in [0.15, 0.2) is 30.6 Å². The molecule has 0 aliphatic heterocycles. The van der Waals surface area contributed by atoms with Crippen molar-refractivity contribution in [1.29, 1.82) is 0 Å². The fourth-order valence-corrected chi connectivity index (χ4v) is 2.23. The molecule has 0 aliphatic carbocycles. The van der Waals surface area contributed by atoms with E-state index in [9.17, 15) is 5.11 Å². The van der Waals surface area contributed by atoms with Crippen molar-refractivity contribution in [2.75, 3.05) is 0 Å². The Hall–Kier alpha value is -1.39. The van der Waals surface area contributed by atoms with Crippen LogP contribution in [-0.2, 0) is 6.54 Å². The van der Waals surface area contributed by atoms with E-state index < -0.39 is 6.23 Å². The number of hydrogen-bond donors (Lipinski definition) is 2. The highest BCUT2D eigenvalue weighted by Gasteiger charge is 2.19. The number of imidazole rings is 1. The molecule has 0 bridgehead atoms. The average molecular weight is 247 g/mol. The van der Waals surface area contributed by atoms with Gasteiger partial charge in [-0.05, 0) is 39.3 Å². The van der Waals surface area contributed by atoms with Crippen LogP contribution < -0.4 is 5.32 Å². The van der Waals surface area contributed by atoms with Crippen molar-refractivity contribution in [1.82, 2.24) is 14.9 Å². The van der Waals surface area contributed by atoms with Crippen molar-refractivity contribution in [3.63, 3.8) is 0 Å². The van der Waals surface area contributed by atoms with Gasteiger partial charge in [-0.3, -0.25) is 5.32 Å². The normalized spacial score (nSPS) is 14.0. The fourth-order valence-electron chi connectivity index (χ4n) is 2.23. The maximum atomic E-state index is 9.39. The predicted molar refractivity (Wildman–Crippen MR) is 73.2 cm³/mol. The van der Waals surface area contributed by atoms with E-state index in [0.717, 1.165) is 24.0 Å². The molecule has 0 saturated heterocycles. The van der Waals surface area contributed by atoms with Gasteiger partial charge in [-0.1, -0.05) is 12.1 Å². The lowest BCUT2D eigenvalue weighted by Gasteiger charge is -2.28. The second-order valence-corrected chi connectivity index (χ2v) is 5.38. The van der Waals surface area contributed by atoms with Crippen LogP contribution >= 0.6 is 0 Å². The number of hydrogen-bond acceptors (Lipinski definition) is 3. The van der Waals surface area contributed by atoms with Gasteiger partial charge in [0.15, 0.2) is 0 Å². The lowest BCUT2D eigenvalue weighted by molar-refractivity contribution is 0.113. The smallest absolute Gasteiger partial charge is 0.102 e. The summed E-state index contributed by atoms with van der Waals surface area (Å²) >= 11 is 0. The van der Waals surface area contributed by atoms with Crippen LogP contribution in [0.1, 0.15) is 27.2 Å². The van der Waals surface area contributed by atoms with Gasteiger partial charge >= 0.3 is 0 Å². The number of nitrogens with one attached hydrogen (secondary N) is 1. The molecule has 2 N–H and O–H groups in total. The Morgan fingerprint density at radius 3 is 2.83 bits per heavy atom.